The second kappa shape index (κ2) is 8.68. The van der Waals surface area contributed by atoms with Gasteiger partial charge in [0, 0.05) is 51.7 Å². The van der Waals surface area contributed by atoms with Gasteiger partial charge in [-0.3, -0.25) is 19.5 Å². The van der Waals surface area contributed by atoms with Crippen LogP contribution in [-0.2, 0) is 4.74 Å². The van der Waals surface area contributed by atoms with Crippen molar-refractivity contribution >= 4 is 5.91 Å². The summed E-state index contributed by atoms with van der Waals surface area (Å²) in [6.45, 7) is 6.97. The molecule has 138 valence electrons. The molecule has 0 spiro atoms. The Kier molecular flexibility index (Phi) is 6.08. The highest BCUT2D eigenvalue weighted by Gasteiger charge is 2.24. The molecule has 1 amide bonds. The third-order valence-corrected chi connectivity index (χ3v) is 4.35. The number of carbonyl (C=O) groups excluding carboxylic acids is 1. The molecule has 1 saturated heterocycles. The first-order valence-electron chi connectivity index (χ1n) is 8.79. The van der Waals surface area contributed by atoms with E-state index in [1.807, 2.05) is 13.0 Å². The molecule has 1 fully saturated rings. The van der Waals surface area contributed by atoms with E-state index in [2.05, 4.69) is 19.9 Å². The fourth-order valence-corrected chi connectivity index (χ4v) is 2.86. The number of nitrogens with one attached hydrogen (secondary N) is 1. The zero-order chi connectivity index (χ0) is 18.4. The van der Waals surface area contributed by atoms with E-state index in [4.69, 9.17) is 4.74 Å². The number of hydrogen-bond acceptors (Lipinski definition) is 6. The summed E-state index contributed by atoms with van der Waals surface area (Å²) in [5.74, 6) is 0.0728. The maximum atomic E-state index is 12.6. The Hall–Kier alpha value is -2.58. The summed E-state index contributed by atoms with van der Waals surface area (Å²) >= 11 is 0. The number of H-pyrrole nitrogens is 1. The zero-order valence-corrected chi connectivity index (χ0v) is 14.9. The van der Waals surface area contributed by atoms with Gasteiger partial charge < -0.3 is 14.6 Å². The Morgan fingerprint density at radius 2 is 2.04 bits per heavy atom. The molecule has 0 saturated carbocycles. The minimum Gasteiger partial charge on any atom is -0.380 e. The van der Waals surface area contributed by atoms with E-state index in [0.717, 1.165) is 19.6 Å². The first-order chi connectivity index (χ1) is 12.7. The normalized spacial score (nSPS) is 15.2. The summed E-state index contributed by atoms with van der Waals surface area (Å²) in [7, 11) is 0. The maximum Gasteiger partial charge on any atom is 0.264 e. The summed E-state index contributed by atoms with van der Waals surface area (Å²) < 4.78 is 5.36. The van der Waals surface area contributed by atoms with Crippen molar-refractivity contribution in [2.24, 2.45) is 0 Å². The van der Waals surface area contributed by atoms with Crippen LogP contribution >= 0.6 is 0 Å². The first-order valence-corrected chi connectivity index (χ1v) is 8.79. The average molecular weight is 357 g/mol. The summed E-state index contributed by atoms with van der Waals surface area (Å²) in [5.41, 5.74) is 0.184. The van der Waals surface area contributed by atoms with Crippen LogP contribution < -0.4 is 5.56 Å². The van der Waals surface area contributed by atoms with Crippen LogP contribution in [0.25, 0.3) is 11.5 Å². The van der Waals surface area contributed by atoms with Gasteiger partial charge in [0.05, 0.1) is 6.61 Å². The molecule has 0 bridgehead atoms. The molecule has 0 aromatic carbocycles. The van der Waals surface area contributed by atoms with Crippen molar-refractivity contribution in [3.63, 3.8) is 0 Å². The maximum absolute atomic E-state index is 12.6. The Balaban J connectivity index is 1.63. The van der Waals surface area contributed by atoms with Crippen LogP contribution in [0.4, 0.5) is 0 Å². The lowest BCUT2D eigenvalue weighted by atomic mass is 10.2. The van der Waals surface area contributed by atoms with Crippen LogP contribution in [-0.4, -0.2) is 76.6 Å². The van der Waals surface area contributed by atoms with Crippen molar-refractivity contribution in [1.82, 2.24) is 24.8 Å². The number of hydrogen-bond donors (Lipinski definition) is 1. The number of ether oxygens (including phenoxy) is 1. The fraction of sp³-hybridized carbons (Fsp3) is 0.444. The Morgan fingerprint density at radius 1 is 1.23 bits per heavy atom. The van der Waals surface area contributed by atoms with Gasteiger partial charge in [0.15, 0.2) is 5.82 Å². The molecule has 1 N–H and O–H groups in total. The molecular weight excluding hydrogens is 334 g/mol. The highest BCUT2D eigenvalue weighted by Crippen LogP contribution is 2.10. The topological polar surface area (TPSA) is 91.4 Å². The Morgan fingerprint density at radius 3 is 2.69 bits per heavy atom. The van der Waals surface area contributed by atoms with E-state index in [-0.39, 0.29) is 11.5 Å². The molecule has 0 radical (unpaired) electrons. The predicted molar refractivity (Wildman–Crippen MR) is 96.9 cm³/mol. The number of carbonyl (C=O) groups is 1. The van der Waals surface area contributed by atoms with Gasteiger partial charge in [-0.25, -0.2) is 4.98 Å². The number of piperazine rings is 1. The van der Waals surface area contributed by atoms with Crippen LogP contribution in [0.1, 0.15) is 17.3 Å². The van der Waals surface area contributed by atoms with Gasteiger partial charge in [0.1, 0.15) is 11.3 Å². The van der Waals surface area contributed by atoms with Crippen LogP contribution in [0.5, 0.6) is 0 Å². The van der Waals surface area contributed by atoms with Gasteiger partial charge in [0.2, 0.25) is 0 Å². The quantitative estimate of drug-likeness (QED) is 0.763. The Labute approximate surface area is 151 Å². The van der Waals surface area contributed by atoms with E-state index < -0.39 is 5.56 Å². The number of amides is 1. The third-order valence-electron chi connectivity index (χ3n) is 4.35. The van der Waals surface area contributed by atoms with Crippen LogP contribution in [0, 0.1) is 0 Å². The molecule has 0 aliphatic carbocycles. The van der Waals surface area contributed by atoms with E-state index in [1.54, 1.807) is 23.2 Å². The van der Waals surface area contributed by atoms with Crippen LogP contribution in [0.2, 0.25) is 0 Å². The van der Waals surface area contributed by atoms with Crippen molar-refractivity contribution < 1.29 is 9.53 Å². The highest BCUT2D eigenvalue weighted by molar-refractivity contribution is 5.93. The van der Waals surface area contributed by atoms with E-state index in [1.165, 1.54) is 6.20 Å². The molecule has 8 heteroatoms. The standard InChI is InChI=1S/C18H23N5O3/c1-2-26-12-11-22-7-9-23(10-8-22)18(25)14-13-20-16(21-17(14)24)15-5-3-4-6-19-15/h3-6,13H,2,7-12H2,1H3,(H,20,21,24). The molecular formula is C18H23N5O3. The monoisotopic (exact) mass is 357 g/mol. The molecule has 1 aliphatic heterocycles. The third kappa shape index (κ3) is 4.33. The molecule has 2 aromatic heterocycles. The first kappa shape index (κ1) is 18.2. The number of rotatable bonds is 6. The SMILES string of the molecule is CCOCCN1CCN(C(=O)c2cnc(-c3ccccn3)[nH]c2=O)CC1. The molecule has 0 atom stereocenters. The van der Waals surface area contributed by atoms with E-state index >= 15 is 0 Å². The lowest BCUT2D eigenvalue weighted by Gasteiger charge is -2.34. The minimum atomic E-state index is -0.440. The summed E-state index contributed by atoms with van der Waals surface area (Å²) in [4.78, 5) is 39.9. The van der Waals surface area contributed by atoms with Crippen LogP contribution in [0.15, 0.2) is 35.4 Å². The smallest absolute Gasteiger partial charge is 0.264 e. The van der Waals surface area contributed by atoms with E-state index in [0.29, 0.717) is 37.8 Å². The van der Waals surface area contributed by atoms with Crippen molar-refractivity contribution in [2.45, 2.75) is 6.92 Å². The molecule has 3 heterocycles. The Bertz CT molecular complexity index is 785. The van der Waals surface area contributed by atoms with E-state index in [9.17, 15) is 9.59 Å². The van der Waals surface area contributed by atoms with Crippen molar-refractivity contribution in [3.8, 4) is 11.5 Å². The van der Waals surface area contributed by atoms with Gasteiger partial charge in [-0.2, -0.15) is 0 Å². The molecule has 0 unspecified atom stereocenters. The van der Waals surface area contributed by atoms with Gasteiger partial charge in [0.25, 0.3) is 11.5 Å². The fourth-order valence-electron chi connectivity index (χ4n) is 2.86. The molecule has 8 nitrogen and oxygen atoms in total. The average Bonchev–Trinajstić information content (AvgIpc) is 2.69. The molecule has 2 aromatic rings. The zero-order valence-electron chi connectivity index (χ0n) is 14.9. The highest BCUT2D eigenvalue weighted by atomic mass is 16.5. The lowest BCUT2D eigenvalue weighted by molar-refractivity contribution is 0.0563. The largest absolute Gasteiger partial charge is 0.380 e. The van der Waals surface area contributed by atoms with Gasteiger partial charge in [-0.05, 0) is 19.1 Å². The number of pyridine rings is 1. The minimum absolute atomic E-state index is 0.0625. The lowest BCUT2D eigenvalue weighted by Crippen LogP contribution is -2.50. The molecule has 3 rings (SSSR count). The number of aromatic nitrogens is 3. The number of nitrogens with zero attached hydrogens (tertiary/aromatic N) is 4. The van der Waals surface area contributed by atoms with Gasteiger partial charge in [-0.15, -0.1) is 0 Å². The summed E-state index contributed by atoms with van der Waals surface area (Å²) in [6, 6.07) is 5.35. The van der Waals surface area contributed by atoms with Gasteiger partial charge in [-0.1, -0.05) is 6.07 Å². The van der Waals surface area contributed by atoms with Crippen molar-refractivity contribution in [2.75, 3.05) is 45.9 Å². The number of aromatic amines is 1. The molecule has 26 heavy (non-hydrogen) atoms. The second-order valence-corrected chi connectivity index (χ2v) is 6.02. The summed E-state index contributed by atoms with van der Waals surface area (Å²) in [5, 5.41) is 0. The predicted octanol–water partition coefficient (Wildman–Crippen LogP) is 0.626. The molecule has 1 aliphatic rings. The second-order valence-electron chi connectivity index (χ2n) is 6.02. The van der Waals surface area contributed by atoms with Gasteiger partial charge >= 0.3 is 0 Å². The van der Waals surface area contributed by atoms with Crippen molar-refractivity contribution in [1.29, 1.82) is 0 Å². The summed E-state index contributed by atoms with van der Waals surface area (Å²) in [6.07, 6.45) is 2.96. The van der Waals surface area contributed by atoms with Crippen molar-refractivity contribution in [3.05, 3.63) is 46.5 Å². The van der Waals surface area contributed by atoms with Crippen LogP contribution in [0.3, 0.4) is 0 Å².